The Kier molecular flexibility index (Phi) is 6.51. The van der Waals surface area contributed by atoms with Gasteiger partial charge in [0.1, 0.15) is 17.2 Å². The van der Waals surface area contributed by atoms with E-state index in [1.807, 2.05) is 30.3 Å². The number of hydrogen-bond donors (Lipinski definition) is 1. The molecular weight excluding hydrogens is 460 g/mol. The molecule has 4 rings (SSSR count). The Hall–Kier alpha value is -3.92. The molecule has 0 bridgehead atoms. The highest BCUT2D eigenvalue weighted by Gasteiger charge is 2.50. The summed E-state index contributed by atoms with van der Waals surface area (Å²) in [6.07, 6.45) is 1.23. The van der Waals surface area contributed by atoms with E-state index in [-0.39, 0.29) is 23.6 Å². The first kappa shape index (κ1) is 23.2. The fraction of sp³-hybridized carbons (Fsp3) is 0.208. The molecule has 9 nitrogen and oxygen atoms in total. The number of carbonyl (C=O) groups excluding carboxylic acids is 2. The predicted octanol–water partition coefficient (Wildman–Crippen LogP) is 3.13. The third-order valence-electron chi connectivity index (χ3n) is 5.26. The van der Waals surface area contributed by atoms with Crippen molar-refractivity contribution in [1.29, 1.82) is 0 Å². The molecule has 1 saturated heterocycles. The zero-order valence-corrected chi connectivity index (χ0v) is 19.1. The number of nitrogens with one attached hydrogen (secondary N) is 1. The highest BCUT2D eigenvalue weighted by molar-refractivity contribution is 7.91. The lowest BCUT2D eigenvalue weighted by molar-refractivity contribution is -0.147. The average Bonchev–Trinajstić information content (AvgIpc) is 3.16. The maximum absolute atomic E-state index is 12.7. The van der Waals surface area contributed by atoms with E-state index in [1.165, 1.54) is 18.3 Å². The summed E-state index contributed by atoms with van der Waals surface area (Å²) in [6.45, 7) is 0. The first-order chi connectivity index (χ1) is 16.3. The van der Waals surface area contributed by atoms with Crippen molar-refractivity contribution in [1.82, 2.24) is 10.3 Å². The third-order valence-corrected chi connectivity index (χ3v) is 7.02. The summed E-state index contributed by atoms with van der Waals surface area (Å²) in [4.78, 5) is 29.0. The second-order valence-electron chi connectivity index (χ2n) is 7.74. The van der Waals surface area contributed by atoms with E-state index in [9.17, 15) is 18.0 Å². The number of aromatic nitrogens is 1. The second kappa shape index (κ2) is 9.52. The van der Waals surface area contributed by atoms with Gasteiger partial charge in [-0.2, -0.15) is 0 Å². The second-order valence-corrected chi connectivity index (χ2v) is 9.93. The number of pyridine rings is 1. The molecule has 1 aliphatic heterocycles. The summed E-state index contributed by atoms with van der Waals surface area (Å²) in [7, 11) is -2.31. The largest absolute Gasteiger partial charge is 0.467 e. The summed E-state index contributed by atoms with van der Waals surface area (Å²) in [5.41, 5.74) is -1.46. The Labute approximate surface area is 196 Å². The average molecular weight is 483 g/mol. The molecule has 1 unspecified atom stereocenters. The molecule has 1 fully saturated rings. The van der Waals surface area contributed by atoms with Crippen molar-refractivity contribution in [3.05, 3.63) is 78.5 Å². The summed E-state index contributed by atoms with van der Waals surface area (Å²) in [5, 5.41) is 2.52. The number of para-hydroxylation sites is 1. The van der Waals surface area contributed by atoms with Crippen LogP contribution in [0.3, 0.4) is 0 Å². The maximum Gasteiger partial charge on any atom is 0.332 e. The fourth-order valence-electron chi connectivity index (χ4n) is 3.54. The molecule has 0 aliphatic carbocycles. The van der Waals surface area contributed by atoms with E-state index in [0.717, 1.165) is 12.9 Å². The Bertz CT molecular complexity index is 1280. The number of methoxy groups -OCH3 is 1. The van der Waals surface area contributed by atoms with Gasteiger partial charge >= 0.3 is 5.97 Å². The Morgan fingerprint density at radius 1 is 0.912 bits per heavy atom. The summed E-state index contributed by atoms with van der Waals surface area (Å²) < 4.78 is 40.0. The molecule has 10 heteroatoms. The van der Waals surface area contributed by atoms with Crippen molar-refractivity contribution in [2.24, 2.45) is 0 Å². The number of amides is 1. The molecule has 1 aromatic heterocycles. The molecule has 176 valence electrons. The minimum atomic E-state index is -3.46. The van der Waals surface area contributed by atoms with E-state index >= 15 is 0 Å². The van der Waals surface area contributed by atoms with Crippen molar-refractivity contribution in [2.75, 3.05) is 18.6 Å². The fourth-order valence-corrected chi connectivity index (χ4v) is 5.43. The van der Waals surface area contributed by atoms with Crippen molar-refractivity contribution in [3.63, 3.8) is 0 Å². The summed E-state index contributed by atoms with van der Waals surface area (Å²) in [6, 6.07) is 19.3. The van der Waals surface area contributed by atoms with Crippen LogP contribution in [0.2, 0.25) is 0 Å². The summed E-state index contributed by atoms with van der Waals surface area (Å²) in [5.74, 6) is -0.00809. The van der Waals surface area contributed by atoms with Gasteiger partial charge in [-0.25, -0.2) is 18.2 Å². The zero-order chi connectivity index (χ0) is 24.2. The first-order valence-corrected chi connectivity index (χ1v) is 12.2. The van der Waals surface area contributed by atoms with Crippen LogP contribution in [0.5, 0.6) is 23.1 Å². The van der Waals surface area contributed by atoms with Crippen LogP contribution in [-0.2, 0) is 19.4 Å². The first-order valence-electron chi connectivity index (χ1n) is 10.4. The van der Waals surface area contributed by atoms with Crippen LogP contribution in [0, 0.1) is 0 Å². The van der Waals surface area contributed by atoms with E-state index < -0.39 is 33.0 Å². The Balaban J connectivity index is 1.40. The molecule has 1 aliphatic rings. The molecular formula is C24H22N2O7S. The number of ether oxygens (including phenoxy) is 3. The zero-order valence-electron chi connectivity index (χ0n) is 18.3. The molecule has 1 N–H and O–H groups in total. The topological polar surface area (TPSA) is 121 Å². The van der Waals surface area contributed by atoms with E-state index in [2.05, 4.69) is 10.3 Å². The number of rotatable bonds is 7. The summed E-state index contributed by atoms with van der Waals surface area (Å²) >= 11 is 0. The van der Waals surface area contributed by atoms with Crippen LogP contribution in [-0.4, -0.2) is 49.4 Å². The lowest BCUT2D eigenvalue weighted by atomic mass is 9.98. The molecule has 0 saturated carbocycles. The van der Waals surface area contributed by atoms with Crippen molar-refractivity contribution in [2.45, 2.75) is 12.0 Å². The van der Waals surface area contributed by atoms with Gasteiger partial charge in [-0.1, -0.05) is 18.2 Å². The Morgan fingerprint density at radius 3 is 2.12 bits per heavy atom. The van der Waals surface area contributed by atoms with Crippen molar-refractivity contribution in [3.8, 4) is 23.1 Å². The highest BCUT2D eigenvalue weighted by atomic mass is 32.2. The smallest absolute Gasteiger partial charge is 0.332 e. The number of carbonyl (C=O) groups is 2. The third kappa shape index (κ3) is 5.34. The Morgan fingerprint density at radius 2 is 1.56 bits per heavy atom. The maximum atomic E-state index is 12.7. The van der Waals surface area contributed by atoms with Crippen molar-refractivity contribution >= 4 is 21.7 Å². The van der Waals surface area contributed by atoms with Crippen LogP contribution in [0.1, 0.15) is 16.8 Å². The van der Waals surface area contributed by atoms with Gasteiger partial charge in [0.2, 0.25) is 5.88 Å². The highest BCUT2D eigenvalue weighted by Crippen LogP contribution is 2.27. The van der Waals surface area contributed by atoms with Gasteiger partial charge in [-0.05, 0) is 48.9 Å². The van der Waals surface area contributed by atoms with Gasteiger partial charge in [0.15, 0.2) is 15.4 Å². The molecule has 0 radical (unpaired) electrons. The number of benzene rings is 2. The quantitative estimate of drug-likeness (QED) is 0.510. The molecule has 2 heterocycles. The molecule has 1 atom stereocenters. The standard InChI is InChI=1S/C24H22N2O7S/c1-31-23(28)24(13-14-34(29,30)16-24)26-22(27)17-7-12-21(25-15-17)33-20-10-8-19(9-11-20)32-18-5-3-2-4-6-18/h2-12,15H,13-14,16H2,1H3,(H,26,27). The van der Waals surface area contributed by atoms with E-state index in [4.69, 9.17) is 14.2 Å². The van der Waals surface area contributed by atoms with Crippen LogP contribution < -0.4 is 14.8 Å². The van der Waals surface area contributed by atoms with Gasteiger partial charge in [0.25, 0.3) is 5.91 Å². The van der Waals surface area contributed by atoms with Gasteiger partial charge in [-0.15, -0.1) is 0 Å². The van der Waals surface area contributed by atoms with Gasteiger partial charge in [0.05, 0.1) is 24.2 Å². The number of esters is 1. The monoisotopic (exact) mass is 482 g/mol. The normalized spacial score (nSPS) is 18.6. The minimum Gasteiger partial charge on any atom is -0.467 e. The van der Waals surface area contributed by atoms with Crippen molar-refractivity contribution < 1.29 is 32.2 Å². The molecule has 0 spiro atoms. The van der Waals surface area contributed by atoms with Crippen LogP contribution >= 0.6 is 0 Å². The van der Waals surface area contributed by atoms with Gasteiger partial charge in [-0.3, -0.25) is 4.79 Å². The van der Waals surface area contributed by atoms with E-state index in [1.54, 1.807) is 24.3 Å². The number of hydrogen-bond acceptors (Lipinski definition) is 8. The van der Waals surface area contributed by atoms with E-state index in [0.29, 0.717) is 11.5 Å². The SMILES string of the molecule is COC(=O)C1(NC(=O)c2ccc(Oc3ccc(Oc4ccccc4)cc3)nc2)CCS(=O)(=O)C1. The number of nitrogens with zero attached hydrogens (tertiary/aromatic N) is 1. The van der Waals surface area contributed by atoms with Gasteiger partial charge in [0, 0.05) is 12.3 Å². The molecule has 34 heavy (non-hydrogen) atoms. The molecule has 3 aromatic rings. The molecule has 1 amide bonds. The van der Waals surface area contributed by atoms with Crippen LogP contribution in [0.15, 0.2) is 72.9 Å². The van der Waals surface area contributed by atoms with Crippen LogP contribution in [0.25, 0.3) is 0 Å². The number of sulfone groups is 1. The lowest BCUT2D eigenvalue weighted by Crippen LogP contribution is -2.56. The predicted molar refractivity (Wildman–Crippen MR) is 123 cm³/mol. The minimum absolute atomic E-state index is 0.0493. The van der Waals surface area contributed by atoms with Crippen LogP contribution in [0.4, 0.5) is 0 Å². The van der Waals surface area contributed by atoms with Gasteiger partial charge < -0.3 is 19.5 Å². The lowest BCUT2D eigenvalue weighted by Gasteiger charge is -2.25. The molecule has 2 aromatic carbocycles.